The SMILES string of the molecule is COc1ccc(CCNC(=O)COc2ccc(S(=O)(=O)Nc3ccc(Cl)c(Cl)c3)cc2)cc1. The van der Waals surface area contributed by atoms with Gasteiger partial charge in [0.1, 0.15) is 11.5 Å². The molecule has 174 valence electrons. The number of benzene rings is 3. The summed E-state index contributed by atoms with van der Waals surface area (Å²) >= 11 is 11.8. The van der Waals surface area contributed by atoms with Gasteiger partial charge in [0, 0.05) is 6.54 Å². The normalized spacial score (nSPS) is 11.0. The van der Waals surface area contributed by atoms with Crippen LogP contribution in [-0.4, -0.2) is 34.6 Å². The Morgan fingerprint density at radius 3 is 2.21 bits per heavy atom. The number of anilines is 1. The molecule has 0 aliphatic heterocycles. The first-order chi connectivity index (χ1) is 15.8. The fourth-order valence-corrected chi connectivity index (χ4v) is 4.17. The number of hydrogen-bond donors (Lipinski definition) is 2. The maximum Gasteiger partial charge on any atom is 0.261 e. The van der Waals surface area contributed by atoms with Gasteiger partial charge in [0.2, 0.25) is 0 Å². The van der Waals surface area contributed by atoms with Crippen LogP contribution >= 0.6 is 23.2 Å². The van der Waals surface area contributed by atoms with Crippen LogP contribution in [0.15, 0.2) is 71.6 Å². The highest BCUT2D eigenvalue weighted by Crippen LogP contribution is 2.27. The van der Waals surface area contributed by atoms with Gasteiger partial charge in [-0.1, -0.05) is 35.3 Å². The van der Waals surface area contributed by atoms with Crippen LogP contribution in [0.1, 0.15) is 5.56 Å². The third-order valence-electron chi connectivity index (χ3n) is 4.57. The molecular formula is C23H22Cl2N2O5S. The maximum absolute atomic E-state index is 12.5. The molecule has 0 aliphatic rings. The lowest BCUT2D eigenvalue weighted by atomic mass is 10.1. The molecule has 7 nitrogen and oxygen atoms in total. The smallest absolute Gasteiger partial charge is 0.261 e. The summed E-state index contributed by atoms with van der Waals surface area (Å²) in [5.41, 5.74) is 1.36. The molecule has 0 aliphatic carbocycles. The van der Waals surface area contributed by atoms with Crippen LogP contribution in [0, 0.1) is 0 Å². The minimum Gasteiger partial charge on any atom is -0.497 e. The Kier molecular flexibility index (Phi) is 8.43. The van der Waals surface area contributed by atoms with Gasteiger partial charge < -0.3 is 14.8 Å². The molecule has 3 aromatic rings. The standard InChI is InChI=1S/C23H22Cl2N2O5S/c1-31-18-5-2-16(3-6-18)12-13-26-23(28)15-32-19-7-9-20(10-8-19)33(29,30)27-17-4-11-21(24)22(25)14-17/h2-11,14,27H,12-13,15H2,1H3,(H,26,28). The second kappa shape index (κ2) is 11.3. The predicted octanol–water partition coefficient (Wildman–Crippen LogP) is 4.54. The van der Waals surface area contributed by atoms with E-state index in [4.69, 9.17) is 32.7 Å². The molecule has 3 aromatic carbocycles. The first-order valence-corrected chi connectivity index (χ1v) is 12.1. The van der Waals surface area contributed by atoms with Crippen molar-refractivity contribution in [3.63, 3.8) is 0 Å². The lowest BCUT2D eigenvalue weighted by molar-refractivity contribution is -0.123. The average molecular weight is 509 g/mol. The van der Waals surface area contributed by atoms with Gasteiger partial charge in [-0.25, -0.2) is 8.42 Å². The summed E-state index contributed by atoms with van der Waals surface area (Å²) < 4.78 is 38.1. The highest BCUT2D eigenvalue weighted by molar-refractivity contribution is 7.92. The van der Waals surface area contributed by atoms with Crippen LogP contribution < -0.4 is 19.5 Å². The van der Waals surface area contributed by atoms with Crippen molar-refractivity contribution in [2.75, 3.05) is 25.0 Å². The second-order valence-corrected chi connectivity index (χ2v) is 9.44. The Balaban J connectivity index is 1.47. The van der Waals surface area contributed by atoms with Crippen LogP contribution in [0.5, 0.6) is 11.5 Å². The molecule has 0 aromatic heterocycles. The van der Waals surface area contributed by atoms with Crippen molar-refractivity contribution >= 4 is 44.8 Å². The summed E-state index contributed by atoms with van der Waals surface area (Å²) in [5, 5.41) is 3.34. The molecule has 0 saturated carbocycles. The van der Waals surface area contributed by atoms with Gasteiger partial charge in [-0.3, -0.25) is 9.52 Å². The van der Waals surface area contributed by atoms with E-state index in [0.29, 0.717) is 23.7 Å². The van der Waals surface area contributed by atoms with Crippen LogP contribution in [0.4, 0.5) is 5.69 Å². The first-order valence-electron chi connectivity index (χ1n) is 9.87. The number of amides is 1. The van der Waals surface area contributed by atoms with E-state index in [9.17, 15) is 13.2 Å². The van der Waals surface area contributed by atoms with E-state index in [1.54, 1.807) is 7.11 Å². The van der Waals surface area contributed by atoms with Gasteiger partial charge in [0.05, 0.1) is 27.7 Å². The average Bonchev–Trinajstić information content (AvgIpc) is 2.80. The van der Waals surface area contributed by atoms with Gasteiger partial charge in [0.25, 0.3) is 15.9 Å². The largest absolute Gasteiger partial charge is 0.497 e. The third kappa shape index (κ3) is 7.28. The topological polar surface area (TPSA) is 93.7 Å². The number of halogens is 2. The summed E-state index contributed by atoms with van der Waals surface area (Å²) in [6, 6.07) is 17.8. The molecular weight excluding hydrogens is 487 g/mol. The Morgan fingerprint density at radius 1 is 0.909 bits per heavy atom. The molecule has 0 fully saturated rings. The molecule has 0 unspecified atom stereocenters. The van der Waals surface area contributed by atoms with Crippen LogP contribution in [0.25, 0.3) is 0 Å². The van der Waals surface area contributed by atoms with Gasteiger partial charge in [-0.05, 0) is 66.6 Å². The monoisotopic (exact) mass is 508 g/mol. The highest BCUT2D eigenvalue weighted by atomic mass is 35.5. The number of ether oxygens (including phenoxy) is 2. The number of hydrogen-bond acceptors (Lipinski definition) is 5. The van der Waals surface area contributed by atoms with Crippen LogP contribution in [0.2, 0.25) is 10.0 Å². The van der Waals surface area contributed by atoms with E-state index in [1.165, 1.54) is 42.5 Å². The molecule has 0 saturated heterocycles. The molecule has 3 rings (SSSR count). The number of nitrogens with one attached hydrogen (secondary N) is 2. The second-order valence-electron chi connectivity index (χ2n) is 6.94. The predicted molar refractivity (Wildman–Crippen MR) is 129 cm³/mol. The molecule has 0 bridgehead atoms. The molecule has 1 amide bonds. The zero-order valence-corrected chi connectivity index (χ0v) is 20.0. The number of carbonyl (C=O) groups is 1. The summed E-state index contributed by atoms with van der Waals surface area (Å²) in [6.07, 6.45) is 0.675. The van der Waals surface area contributed by atoms with Crippen molar-refractivity contribution in [1.82, 2.24) is 5.32 Å². The zero-order chi connectivity index (χ0) is 23.8. The first kappa shape index (κ1) is 24.7. The number of methoxy groups -OCH3 is 1. The summed E-state index contributed by atoms with van der Waals surface area (Å²) in [6.45, 7) is 0.280. The Labute approximate surface area is 202 Å². The highest BCUT2D eigenvalue weighted by Gasteiger charge is 2.15. The van der Waals surface area contributed by atoms with E-state index in [1.807, 2.05) is 24.3 Å². The molecule has 0 atom stereocenters. The summed E-state index contributed by atoms with van der Waals surface area (Å²) in [7, 11) is -2.22. The fraction of sp³-hybridized carbons (Fsp3) is 0.174. The molecule has 0 heterocycles. The molecule has 33 heavy (non-hydrogen) atoms. The summed E-state index contributed by atoms with van der Waals surface area (Å²) in [5.74, 6) is 0.871. The van der Waals surface area contributed by atoms with Crippen LogP contribution in [-0.2, 0) is 21.2 Å². The molecule has 2 N–H and O–H groups in total. The quantitative estimate of drug-likeness (QED) is 0.419. The van der Waals surface area contributed by atoms with E-state index < -0.39 is 10.0 Å². The lowest BCUT2D eigenvalue weighted by Gasteiger charge is -2.10. The number of rotatable bonds is 10. The molecule has 0 spiro atoms. The van der Waals surface area contributed by atoms with E-state index >= 15 is 0 Å². The maximum atomic E-state index is 12.5. The van der Waals surface area contributed by atoms with Crippen molar-refractivity contribution in [3.8, 4) is 11.5 Å². The Hall–Kier alpha value is -2.94. The van der Waals surface area contributed by atoms with Crippen molar-refractivity contribution in [2.45, 2.75) is 11.3 Å². The van der Waals surface area contributed by atoms with E-state index in [2.05, 4.69) is 10.0 Å². The van der Waals surface area contributed by atoms with Crippen molar-refractivity contribution in [1.29, 1.82) is 0 Å². The van der Waals surface area contributed by atoms with Crippen molar-refractivity contribution < 1.29 is 22.7 Å². The lowest BCUT2D eigenvalue weighted by Crippen LogP contribution is -2.30. The fourth-order valence-electron chi connectivity index (χ4n) is 2.83. The minimum atomic E-state index is -3.83. The third-order valence-corrected chi connectivity index (χ3v) is 6.71. The Morgan fingerprint density at radius 2 is 1.58 bits per heavy atom. The van der Waals surface area contributed by atoms with Gasteiger partial charge in [0.15, 0.2) is 6.61 Å². The van der Waals surface area contributed by atoms with Gasteiger partial charge in [-0.15, -0.1) is 0 Å². The zero-order valence-electron chi connectivity index (χ0n) is 17.7. The number of sulfonamides is 1. The van der Waals surface area contributed by atoms with Gasteiger partial charge in [-0.2, -0.15) is 0 Å². The van der Waals surface area contributed by atoms with Crippen molar-refractivity contribution in [2.24, 2.45) is 0 Å². The van der Waals surface area contributed by atoms with Gasteiger partial charge >= 0.3 is 0 Å². The van der Waals surface area contributed by atoms with Crippen LogP contribution in [0.3, 0.4) is 0 Å². The number of carbonyl (C=O) groups excluding carboxylic acids is 1. The molecule has 10 heteroatoms. The van der Waals surface area contributed by atoms with E-state index in [-0.39, 0.29) is 28.1 Å². The minimum absolute atomic E-state index is 0.0323. The molecule has 0 radical (unpaired) electrons. The Bertz CT molecular complexity index is 1200. The van der Waals surface area contributed by atoms with Crippen molar-refractivity contribution in [3.05, 3.63) is 82.3 Å². The summed E-state index contributed by atoms with van der Waals surface area (Å²) in [4.78, 5) is 12.0. The van der Waals surface area contributed by atoms with E-state index in [0.717, 1.165) is 11.3 Å².